The summed E-state index contributed by atoms with van der Waals surface area (Å²) < 4.78 is 2.30. The van der Waals surface area contributed by atoms with Crippen molar-refractivity contribution in [3.05, 3.63) is 85.1 Å². The van der Waals surface area contributed by atoms with Gasteiger partial charge in [-0.2, -0.15) is 5.10 Å². The summed E-state index contributed by atoms with van der Waals surface area (Å²) in [6.45, 7) is 2.00. The number of amides is 1. The van der Waals surface area contributed by atoms with Crippen LogP contribution in [0.1, 0.15) is 18.4 Å². The molecule has 0 unspecified atom stereocenters. The first-order valence-electron chi connectivity index (χ1n) is 9.22. The monoisotopic (exact) mass is 470 g/mol. The van der Waals surface area contributed by atoms with Gasteiger partial charge >= 0.3 is 0 Å². The summed E-state index contributed by atoms with van der Waals surface area (Å²) >= 11 is 3.39. The Balaban J connectivity index is 1.60. The molecule has 1 amide bonds. The van der Waals surface area contributed by atoms with Crippen LogP contribution >= 0.6 is 15.9 Å². The van der Waals surface area contributed by atoms with Gasteiger partial charge in [0.1, 0.15) is 0 Å². The Hall–Kier alpha value is -3.33. The first kappa shape index (κ1) is 21.4. The lowest BCUT2D eigenvalue weighted by atomic mass is 10.1. The van der Waals surface area contributed by atoms with Crippen LogP contribution in [-0.4, -0.2) is 20.6 Å². The summed E-state index contributed by atoms with van der Waals surface area (Å²) in [6.07, 6.45) is 0.613. The number of rotatable bonds is 7. The molecule has 154 valence electrons. The molecule has 1 aromatic heterocycles. The van der Waals surface area contributed by atoms with E-state index in [4.69, 9.17) is 0 Å². The van der Waals surface area contributed by atoms with Gasteiger partial charge in [-0.25, -0.2) is 4.68 Å². The van der Waals surface area contributed by atoms with Crippen LogP contribution < -0.4 is 10.9 Å². The molecule has 0 bridgehead atoms. The number of benzene rings is 2. The highest BCUT2D eigenvalue weighted by Gasteiger charge is 2.11. The lowest BCUT2D eigenvalue weighted by Gasteiger charge is -2.09. The third kappa shape index (κ3) is 5.38. The molecule has 0 fully saturated rings. The first-order chi connectivity index (χ1) is 14.3. The highest BCUT2D eigenvalue weighted by atomic mass is 79.9. The Labute approximate surface area is 180 Å². The third-order valence-corrected chi connectivity index (χ3v) is 5.00. The zero-order valence-corrected chi connectivity index (χ0v) is 17.8. The van der Waals surface area contributed by atoms with E-state index in [-0.39, 0.29) is 23.6 Å². The van der Waals surface area contributed by atoms with Crippen molar-refractivity contribution < 1.29 is 9.72 Å². The number of non-ortho nitro benzene ring substituents is 1. The van der Waals surface area contributed by atoms with Gasteiger partial charge in [0, 0.05) is 46.9 Å². The average Bonchev–Trinajstić information content (AvgIpc) is 2.71. The van der Waals surface area contributed by atoms with Crippen LogP contribution in [0.2, 0.25) is 0 Å². The SMILES string of the molecule is Cc1cc([N+](=O)[O-])ccc1NC(=O)CCCn1nc(-c2ccc(Br)cc2)ccc1=O. The smallest absolute Gasteiger partial charge is 0.269 e. The topological polar surface area (TPSA) is 107 Å². The molecule has 8 nitrogen and oxygen atoms in total. The average molecular weight is 471 g/mol. The summed E-state index contributed by atoms with van der Waals surface area (Å²) in [5.41, 5.74) is 2.44. The number of nitro benzene ring substituents is 1. The molecular formula is C21H19BrN4O4. The van der Waals surface area contributed by atoms with Crippen molar-refractivity contribution in [3.8, 4) is 11.3 Å². The van der Waals surface area contributed by atoms with Crippen LogP contribution in [0.5, 0.6) is 0 Å². The Morgan fingerprint density at radius 3 is 2.57 bits per heavy atom. The minimum Gasteiger partial charge on any atom is -0.326 e. The molecule has 3 rings (SSSR count). The maximum absolute atomic E-state index is 12.2. The van der Waals surface area contributed by atoms with Crippen LogP contribution in [0.15, 0.2) is 63.9 Å². The summed E-state index contributed by atoms with van der Waals surface area (Å²) in [5, 5.41) is 17.9. The molecule has 0 aliphatic carbocycles. The summed E-state index contributed by atoms with van der Waals surface area (Å²) in [4.78, 5) is 34.6. The van der Waals surface area contributed by atoms with Gasteiger partial charge < -0.3 is 5.32 Å². The Morgan fingerprint density at radius 2 is 1.90 bits per heavy atom. The number of aromatic nitrogens is 2. The molecule has 0 saturated heterocycles. The molecule has 0 radical (unpaired) electrons. The van der Waals surface area contributed by atoms with Gasteiger partial charge in [0.2, 0.25) is 5.91 Å². The number of aryl methyl sites for hydroxylation is 2. The maximum Gasteiger partial charge on any atom is 0.269 e. The number of nitro groups is 1. The van der Waals surface area contributed by atoms with Gasteiger partial charge in [-0.15, -0.1) is 0 Å². The molecule has 0 saturated carbocycles. The van der Waals surface area contributed by atoms with Crippen molar-refractivity contribution in [1.29, 1.82) is 0 Å². The lowest BCUT2D eigenvalue weighted by molar-refractivity contribution is -0.384. The number of carbonyl (C=O) groups is 1. The maximum atomic E-state index is 12.2. The lowest BCUT2D eigenvalue weighted by Crippen LogP contribution is -2.23. The third-order valence-electron chi connectivity index (χ3n) is 4.48. The van der Waals surface area contributed by atoms with E-state index in [1.54, 1.807) is 13.0 Å². The van der Waals surface area contributed by atoms with E-state index >= 15 is 0 Å². The fourth-order valence-electron chi connectivity index (χ4n) is 2.89. The largest absolute Gasteiger partial charge is 0.326 e. The van der Waals surface area contributed by atoms with Crippen LogP contribution in [0.4, 0.5) is 11.4 Å². The van der Waals surface area contributed by atoms with E-state index in [0.29, 0.717) is 29.9 Å². The summed E-state index contributed by atoms with van der Waals surface area (Å²) in [5.74, 6) is -0.232. The molecule has 0 atom stereocenters. The predicted octanol–water partition coefficient (Wildman–Crippen LogP) is 4.31. The van der Waals surface area contributed by atoms with Crippen LogP contribution in [0.25, 0.3) is 11.3 Å². The molecule has 3 aromatic rings. The van der Waals surface area contributed by atoms with Crippen LogP contribution in [0.3, 0.4) is 0 Å². The second kappa shape index (κ2) is 9.45. The molecule has 1 heterocycles. The fourth-order valence-corrected chi connectivity index (χ4v) is 3.15. The van der Waals surface area contributed by atoms with E-state index < -0.39 is 4.92 Å². The Bertz CT molecular complexity index is 1140. The molecule has 9 heteroatoms. The van der Waals surface area contributed by atoms with E-state index in [9.17, 15) is 19.7 Å². The molecule has 1 N–H and O–H groups in total. The quantitative estimate of drug-likeness (QED) is 0.408. The first-order valence-corrected chi connectivity index (χ1v) is 10.0. The van der Waals surface area contributed by atoms with E-state index in [2.05, 4.69) is 26.3 Å². The van der Waals surface area contributed by atoms with Crippen LogP contribution in [-0.2, 0) is 11.3 Å². The van der Waals surface area contributed by atoms with Crippen molar-refractivity contribution in [1.82, 2.24) is 9.78 Å². The zero-order valence-electron chi connectivity index (χ0n) is 16.2. The summed E-state index contributed by atoms with van der Waals surface area (Å²) in [7, 11) is 0. The van der Waals surface area contributed by atoms with Gasteiger partial charge in [0.25, 0.3) is 11.2 Å². The normalized spacial score (nSPS) is 10.6. The number of halogens is 1. The molecule has 0 aliphatic heterocycles. The fraction of sp³-hybridized carbons (Fsp3) is 0.190. The minimum absolute atomic E-state index is 0.0263. The molecule has 0 spiro atoms. The van der Waals surface area contributed by atoms with Crippen molar-refractivity contribution in [2.45, 2.75) is 26.3 Å². The number of hydrogen-bond acceptors (Lipinski definition) is 5. The predicted molar refractivity (Wildman–Crippen MR) is 117 cm³/mol. The summed E-state index contributed by atoms with van der Waals surface area (Å²) in [6, 6.07) is 15.0. The Kier molecular flexibility index (Phi) is 6.73. The van der Waals surface area contributed by atoms with Crippen LogP contribution in [0, 0.1) is 17.0 Å². The van der Waals surface area contributed by atoms with Gasteiger partial charge in [-0.05, 0) is 43.2 Å². The number of nitrogens with one attached hydrogen (secondary N) is 1. The standard InChI is InChI=1S/C21H19BrN4O4/c1-14-13-17(26(29)30)8-9-18(14)23-20(27)3-2-12-25-21(28)11-10-19(24-25)15-4-6-16(22)7-5-15/h4-11,13H,2-3,12H2,1H3,(H,23,27). The molecule has 0 aliphatic rings. The number of hydrogen-bond donors (Lipinski definition) is 1. The van der Waals surface area contributed by atoms with E-state index in [1.165, 1.54) is 28.9 Å². The van der Waals surface area contributed by atoms with E-state index in [1.807, 2.05) is 24.3 Å². The van der Waals surface area contributed by atoms with Crippen molar-refractivity contribution >= 4 is 33.2 Å². The highest BCUT2D eigenvalue weighted by Crippen LogP contribution is 2.21. The minimum atomic E-state index is -0.480. The van der Waals surface area contributed by atoms with E-state index in [0.717, 1.165) is 10.0 Å². The highest BCUT2D eigenvalue weighted by molar-refractivity contribution is 9.10. The number of carbonyl (C=O) groups excluding carboxylic acids is 1. The van der Waals surface area contributed by atoms with Gasteiger partial charge in [-0.3, -0.25) is 19.7 Å². The van der Waals surface area contributed by atoms with Crippen molar-refractivity contribution in [2.24, 2.45) is 0 Å². The van der Waals surface area contributed by atoms with Gasteiger partial charge in [0.05, 0.1) is 10.6 Å². The van der Waals surface area contributed by atoms with Gasteiger partial charge in [-0.1, -0.05) is 28.1 Å². The second-order valence-electron chi connectivity index (χ2n) is 6.69. The second-order valence-corrected chi connectivity index (χ2v) is 7.61. The molecule has 30 heavy (non-hydrogen) atoms. The molecular weight excluding hydrogens is 452 g/mol. The zero-order chi connectivity index (χ0) is 21.7. The molecule has 2 aromatic carbocycles. The number of nitrogens with zero attached hydrogens (tertiary/aromatic N) is 3. The van der Waals surface area contributed by atoms with Crippen molar-refractivity contribution in [2.75, 3.05) is 5.32 Å². The number of anilines is 1. The Morgan fingerprint density at radius 1 is 1.17 bits per heavy atom. The van der Waals surface area contributed by atoms with Crippen molar-refractivity contribution in [3.63, 3.8) is 0 Å². The van der Waals surface area contributed by atoms with Gasteiger partial charge in [0.15, 0.2) is 0 Å².